The van der Waals surface area contributed by atoms with Crippen molar-refractivity contribution >= 4 is 11.6 Å². The van der Waals surface area contributed by atoms with Crippen molar-refractivity contribution in [1.82, 2.24) is 10.2 Å². The molecule has 0 bridgehead atoms. The van der Waals surface area contributed by atoms with Crippen molar-refractivity contribution < 1.29 is 9.53 Å². The van der Waals surface area contributed by atoms with Crippen molar-refractivity contribution in [3.63, 3.8) is 0 Å². The van der Waals surface area contributed by atoms with E-state index in [0.717, 1.165) is 0 Å². The van der Waals surface area contributed by atoms with Crippen LogP contribution in [-0.2, 0) is 0 Å². The van der Waals surface area contributed by atoms with Gasteiger partial charge in [-0.25, -0.2) is 0 Å². The van der Waals surface area contributed by atoms with E-state index >= 15 is 0 Å². The number of likely N-dealkylation sites (N-methyl/N-ethyl adjacent to an activating group) is 1. The summed E-state index contributed by atoms with van der Waals surface area (Å²) in [6.07, 6.45) is 2.54. The smallest absolute Gasteiger partial charge is 0.251 e. The average molecular weight is 291 g/mol. The lowest BCUT2D eigenvalue weighted by molar-refractivity contribution is 0.0939. The van der Waals surface area contributed by atoms with Gasteiger partial charge in [-0.3, -0.25) is 9.69 Å². The first-order valence-electron chi connectivity index (χ1n) is 7.55. The molecule has 5 heteroatoms. The summed E-state index contributed by atoms with van der Waals surface area (Å²) in [5.74, 6) is 0.525. The Morgan fingerprint density at radius 1 is 1.52 bits per heavy atom. The molecule has 5 nitrogen and oxygen atoms in total. The Kier molecular flexibility index (Phi) is 5.07. The highest BCUT2D eigenvalue weighted by atomic mass is 16.5. The van der Waals surface area contributed by atoms with Gasteiger partial charge in [0.25, 0.3) is 5.91 Å². The molecule has 3 N–H and O–H groups in total. The van der Waals surface area contributed by atoms with Crippen molar-refractivity contribution in [3.05, 3.63) is 23.8 Å². The summed E-state index contributed by atoms with van der Waals surface area (Å²) in [4.78, 5) is 14.5. The number of anilines is 1. The summed E-state index contributed by atoms with van der Waals surface area (Å²) in [7, 11) is 2.11. The zero-order valence-electron chi connectivity index (χ0n) is 13.1. The molecule has 1 unspecified atom stereocenters. The fourth-order valence-electron chi connectivity index (χ4n) is 2.30. The third-order valence-corrected chi connectivity index (χ3v) is 3.95. The van der Waals surface area contributed by atoms with E-state index in [1.165, 1.54) is 12.8 Å². The molecule has 1 amide bonds. The summed E-state index contributed by atoms with van der Waals surface area (Å²) in [6.45, 7) is 5.22. The number of nitrogens with zero attached hydrogens (tertiary/aromatic N) is 1. The van der Waals surface area contributed by atoms with Crippen LogP contribution in [0.3, 0.4) is 0 Å². The quantitative estimate of drug-likeness (QED) is 0.753. The number of rotatable bonds is 7. The second kappa shape index (κ2) is 6.80. The Labute approximate surface area is 126 Å². The van der Waals surface area contributed by atoms with Crippen LogP contribution >= 0.6 is 0 Å². The van der Waals surface area contributed by atoms with Gasteiger partial charge in [0.2, 0.25) is 0 Å². The first kappa shape index (κ1) is 15.6. The van der Waals surface area contributed by atoms with Crippen molar-refractivity contribution in [3.8, 4) is 5.75 Å². The minimum atomic E-state index is -0.0965. The normalized spacial score (nSPS) is 15.8. The molecule has 0 heterocycles. The molecule has 0 aromatic heterocycles. The van der Waals surface area contributed by atoms with Crippen LogP contribution in [0.2, 0.25) is 0 Å². The molecule has 1 aliphatic rings. The molecular formula is C16H25N3O2. The molecule has 0 spiro atoms. The van der Waals surface area contributed by atoms with Crippen LogP contribution in [0.4, 0.5) is 5.69 Å². The van der Waals surface area contributed by atoms with Gasteiger partial charge in [0.1, 0.15) is 5.75 Å². The lowest BCUT2D eigenvalue weighted by Gasteiger charge is -2.24. The van der Waals surface area contributed by atoms with Crippen molar-refractivity contribution in [1.29, 1.82) is 0 Å². The van der Waals surface area contributed by atoms with E-state index in [0.29, 0.717) is 42.2 Å². The molecule has 1 aliphatic carbocycles. The van der Waals surface area contributed by atoms with Crippen LogP contribution in [-0.4, -0.2) is 43.1 Å². The van der Waals surface area contributed by atoms with Gasteiger partial charge < -0.3 is 15.8 Å². The van der Waals surface area contributed by atoms with Gasteiger partial charge in [-0.2, -0.15) is 0 Å². The average Bonchev–Trinajstić information content (AvgIpc) is 3.30. The molecular weight excluding hydrogens is 266 g/mol. The lowest BCUT2D eigenvalue weighted by atomic mass is 10.1. The molecule has 116 valence electrons. The maximum Gasteiger partial charge on any atom is 0.251 e. The van der Waals surface area contributed by atoms with Crippen LogP contribution in [0.1, 0.15) is 37.0 Å². The largest absolute Gasteiger partial charge is 0.492 e. The van der Waals surface area contributed by atoms with Crippen LogP contribution in [0.5, 0.6) is 5.75 Å². The number of hydrogen-bond donors (Lipinski definition) is 2. The maximum absolute atomic E-state index is 12.2. The van der Waals surface area contributed by atoms with E-state index < -0.39 is 0 Å². The fraction of sp³-hybridized carbons (Fsp3) is 0.562. The van der Waals surface area contributed by atoms with Crippen molar-refractivity contribution in [2.24, 2.45) is 0 Å². The highest BCUT2D eigenvalue weighted by Gasteiger charge is 2.29. The van der Waals surface area contributed by atoms with E-state index in [1.807, 2.05) is 6.92 Å². The van der Waals surface area contributed by atoms with Crippen molar-refractivity contribution in [2.45, 2.75) is 38.8 Å². The van der Waals surface area contributed by atoms with E-state index in [-0.39, 0.29) is 5.91 Å². The lowest BCUT2D eigenvalue weighted by Crippen LogP contribution is -2.41. The van der Waals surface area contributed by atoms with E-state index in [9.17, 15) is 4.79 Å². The number of carbonyl (C=O) groups is 1. The molecule has 2 rings (SSSR count). The summed E-state index contributed by atoms with van der Waals surface area (Å²) in [6, 6.07) is 6.18. The van der Waals surface area contributed by atoms with Crippen LogP contribution in [0.25, 0.3) is 0 Å². The van der Waals surface area contributed by atoms with Gasteiger partial charge in [-0.1, -0.05) is 0 Å². The van der Waals surface area contributed by atoms with Gasteiger partial charge in [0.05, 0.1) is 12.3 Å². The maximum atomic E-state index is 12.2. The van der Waals surface area contributed by atoms with Gasteiger partial charge in [0, 0.05) is 24.2 Å². The SMILES string of the molecule is CCOc1ccc(C(=O)NCC(C)N(C)C2CC2)cc1N. The number of benzene rings is 1. The Hall–Kier alpha value is -1.75. The number of amides is 1. The Morgan fingerprint density at radius 3 is 2.81 bits per heavy atom. The zero-order valence-corrected chi connectivity index (χ0v) is 13.1. The molecule has 1 atom stereocenters. The molecule has 1 fully saturated rings. The minimum Gasteiger partial charge on any atom is -0.492 e. The summed E-state index contributed by atoms with van der Waals surface area (Å²) in [5, 5.41) is 2.96. The molecule has 1 saturated carbocycles. The monoisotopic (exact) mass is 291 g/mol. The second-order valence-electron chi connectivity index (χ2n) is 5.64. The third kappa shape index (κ3) is 4.11. The first-order chi connectivity index (χ1) is 10.0. The molecule has 0 radical (unpaired) electrons. The molecule has 21 heavy (non-hydrogen) atoms. The Morgan fingerprint density at radius 2 is 2.24 bits per heavy atom. The van der Waals surface area contributed by atoms with Gasteiger partial charge in [0.15, 0.2) is 0 Å². The predicted molar refractivity (Wildman–Crippen MR) is 84.6 cm³/mol. The van der Waals surface area contributed by atoms with Gasteiger partial charge in [-0.05, 0) is 51.9 Å². The van der Waals surface area contributed by atoms with Crippen LogP contribution < -0.4 is 15.8 Å². The number of ether oxygens (including phenoxy) is 1. The third-order valence-electron chi connectivity index (χ3n) is 3.95. The van der Waals surface area contributed by atoms with E-state index in [2.05, 4.69) is 24.2 Å². The Bertz CT molecular complexity index is 500. The molecule has 1 aromatic carbocycles. The van der Waals surface area contributed by atoms with Crippen LogP contribution in [0, 0.1) is 0 Å². The number of nitrogens with two attached hydrogens (primary N) is 1. The fourth-order valence-corrected chi connectivity index (χ4v) is 2.30. The van der Waals surface area contributed by atoms with Crippen LogP contribution in [0.15, 0.2) is 18.2 Å². The minimum absolute atomic E-state index is 0.0965. The standard InChI is InChI=1S/C16H25N3O2/c1-4-21-15-8-5-12(9-14(15)17)16(20)18-10-11(2)19(3)13-6-7-13/h5,8-9,11,13H,4,6-7,10,17H2,1-3H3,(H,18,20). The predicted octanol–water partition coefficient (Wildman–Crippen LogP) is 1.88. The van der Waals surface area contributed by atoms with Crippen molar-refractivity contribution in [2.75, 3.05) is 25.9 Å². The van der Waals surface area contributed by atoms with Gasteiger partial charge >= 0.3 is 0 Å². The highest BCUT2D eigenvalue weighted by molar-refractivity contribution is 5.95. The number of hydrogen-bond acceptors (Lipinski definition) is 4. The topological polar surface area (TPSA) is 67.6 Å². The number of nitrogen functional groups attached to an aromatic ring is 1. The highest BCUT2D eigenvalue weighted by Crippen LogP contribution is 2.26. The Balaban J connectivity index is 1.89. The molecule has 0 saturated heterocycles. The first-order valence-corrected chi connectivity index (χ1v) is 7.55. The summed E-state index contributed by atoms with van der Waals surface area (Å²) in [5.41, 5.74) is 6.94. The van der Waals surface area contributed by atoms with E-state index in [4.69, 9.17) is 10.5 Å². The van der Waals surface area contributed by atoms with Gasteiger partial charge in [-0.15, -0.1) is 0 Å². The van der Waals surface area contributed by atoms with E-state index in [1.54, 1.807) is 18.2 Å². The number of nitrogens with one attached hydrogen (secondary N) is 1. The summed E-state index contributed by atoms with van der Waals surface area (Å²) < 4.78 is 5.37. The number of carbonyl (C=O) groups excluding carboxylic acids is 1. The second-order valence-corrected chi connectivity index (χ2v) is 5.64. The molecule has 1 aromatic rings. The molecule has 0 aliphatic heterocycles. The summed E-state index contributed by atoms with van der Waals surface area (Å²) >= 11 is 0. The zero-order chi connectivity index (χ0) is 15.4.